The Hall–Kier alpha value is -3.33. The summed E-state index contributed by atoms with van der Waals surface area (Å²) < 4.78 is 10.6. The lowest BCUT2D eigenvalue weighted by atomic mass is 10.1. The van der Waals surface area contributed by atoms with Gasteiger partial charge in [-0.3, -0.25) is 14.9 Å². The van der Waals surface area contributed by atoms with Gasteiger partial charge in [0, 0.05) is 44.0 Å². The largest absolute Gasteiger partial charge is 0.496 e. The molecule has 9 heteroatoms. The maximum Gasteiger partial charge on any atom is 0.264 e. The van der Waals surface area contributed by atoms with Gasteiger partial charge in [0.15, 0.2) is 5.11 Å². The lowest BCUT2D eigenvalue weighted by molar-refractivity contribution is -0.132. The number of piperazine rings is 1. The van der Waals surface area contributed by atoms with Crippen LogP contribution in [0.1, 0.15) is 30.6 Å². The Balaban J connectivity index is 1.55. The second kappa shape index (κ2) is 11.7. The van der Waals surface area contributed by atoms with Crippen molar-refractivity contribution in [1.29, 1.82) is 0 Å². The number of anilines is 2. The molecule has 34 heavy (non-hydrogen) atoms. The molecule has 8 nitrogen and oxygen atoms in total. The zero-order valence-electron chi connectivity index (χ0n) is 20.1. The molecule has 0 bridgehead atoms. The van der Waals surface area contributed by atoms with Gasteiger partial charge in [-0.2, -0.15) is 0 Å². The fraction of sp³-hybridized carbons (Fsp3) is 0.400. The number of amides is 2. The van der Waals surface area contributed by atoms with Crippen LogP contribution in [0, 0.1) is 5.92 Å². The Labute approximate surface area is 206 Å². The van der Waals surface area contributed by atoms with Gasteiger partial charge in [-0.15, -0.1) is 0 Å². The molecule has 1 aliphatic heterocycles. The summed E-state index contributed by atoms with van der Waals surface area (Å²) in [4.78, 5) is 29.3. The highest BCUT2D eigenvalue weighted by molar-refractivity contribution is 7.80. The molecule has 2 aromatic carbocycles. The number of benzene rings is 2. The van der Waals surface area contributed by atoms with Crippen LogP contribution in [0.15, 0.2) is 42.5 Å². The summed E-state index contributed by atoms with van der Waals surface area (Å²) in [6.07, 6.45) is 0.598. The third-order valence-corrected chi connectivity index (χ3v) is 5.79. The third kappa shape index (κ3) is 6.38. The van der Waals surface area contributed by atoms with Crippen LogP contribution in [0.2, 0.25) is 0 Å². The number of nitrogens with zero attached hydrogens (tertiary/aromatic N) is 2. The van der Waals surface area contributed by atoms with E-state index in [1.165, 1.54) is 14.2 Å². The molecular formula is C25H32N4O4S. The smallest absolute Gasteiger partial charge is 0.264 e. The van der Waals surface area contributed by atoms with Gasteiger partial charge >= 0.3 is 0 Å². The van der Waals surface area contributed by atoms with Crippen molar-refractivity contribution in [2.75, 3.05) is 50.6 Å². The van der Waals surface area contributed by atoms with Crippen LogP contribution < -0.4 is 25.0 Å². The molecule has 3 rings (SSSR count). The monoisotopic (exact) mass is 484 g/mol. The van der Waals surface area contributed by atoms with Crippen molar-refractivity contribution in [2.24, 2.45) is 5.92 Å². The van der Waals surface area contributed by atoms with Crippen LogP contribution in [0.4, 0.5) is 11.4 Å². The molecule has 2 N–H and O–H groups in total. The van der Waals surface area contributed by atoms with Gasteiger partial charge in [-0.1, -0.05) is 19.9 Å². The molecule has 0 radical (unpaired) electrons. The Morgan fingerprint density at radius 3 is 2.09 bits per heavy atom. The molecule has 0 unspecified atom stereocenters. The summed E-state index contributed by atoms with van der Waals surface area (Å²) in [5.41, 5.74) is 2.11. The van der Waals surface area contributed by atoms with E-state index in [0.717, 1.165) is 37.6 Å². The van der Waals surface area contributed by atoms with Gasteiger partial charge in [0.2, 0.25) is 5.91 Å². The molecule has 182 valence electrons. The summed E-state index contributed by atoms with van der Waals surface area (Å²) in [6.45, 7) is 7.19. The van der Waals surface area contributed by atoms with Crippen LogP contribution in [-0.2, 0) is 4.79 Å². The van der Waals surface area contributed by atoms with Crippen molar-refractivity contribution in [3.63, 3.8) is 0 Å². The molecule has 0 atom stereocenters. The molecule has 0 saturated carbocycles. The van der Waals surface area contributed by atoms with E-state index < -0.39 is 5.91 Å². The van der Waals surface area contributed by atoms with E-state index in [1.54, 1.807) is 18.2 Å². The lowest BCUT2D eigenvalue weighted by Gasteiger charge is -2.36. The van der Waals surface area contributed by atoms with Crippen molar-refractivity contribution < 1.29 is 19.1 Å². The minimum absolute atomic E-state index is 0.169. The minimum Gasteiger partial charge on any atom is -0.496 e. The Morgan fingerprint density at radius 1 is 0.971 bits per heavy atom. The third-order valence-electron chi connectivity index (χ3n) is 5.59. The fourth-order valence-corrected chi connectivity index (χ4v) is 4.06. The van der Waals surface area contributed by atoms with E-state index in [-0.39, 0.29) is 16.6 Å². The number of carbonyl (C=O) groups excluding carboxylic acids is 2. The minimum atomic E-state index is -0.423. The topological polar surface area (TPSA) is 83.1 Å². The van der Waals surface area contributed by atoms with Crippen molar-refractivity contribution in [2.45, 2.75) is 20.3 Å². The number of hydrogen-bond donors (Lipinski definition) is 2. The normalized spacial score (nSPS) is 13.4. The highest BCUT2D eigenvalue weighted by atomic mass is 32.1. The Kier molecular flexibility index (Phi) is 8.70. The van der Waals surface area contributed by atoms with E-state index in [0.29, 0.717) is 23.8 Å². The van der Waals surface area contributed by atoms with E-state index >= 15 is 0 Å². The first-order valence-electron chi connectivity index (χ1n) is 11.3. The second-order valence-corrected chi connectivity index (χ2v) is 8.87. The van der Waals surface area contributed by atoms with Crippen LogP contribution in [-0.4, -0.2) is 62.2 Å². The quantitative estimate of drug-likeness (QED) is 0.582. The number of nitrogens with one attached hydrogen (secondary N) is 2. The van der Waals surface area contributed by atoms with Gasteiger partial charge in [-0.05, 0) is 54.5 Å². The maximum absolute atomic E-state index is 12.8. The summed E-state index contributed by atoms with van der Waals surface area (Å²) in [5, 5.41) is 5.88. The van der Waals surface area contributed by atoms with Crippen LogP contribution in [0.25, 0.3) is 0 Å². The molecular weight excluding hydrogens is 452 g/mol. The number of thiocarbonyl (C=S) groups is 1. The summed E-state index contributed by atoms with van der Waals surface area (Å²) in [7, 11) is 2.99. The highest BCUT2D eigenvalue weighted by Gasteiger charge is 2.22. The zero-order valence-corrected chi connectivity index (χ0v) is 20.9. The van der Waals surface area contributed by atoms with Gasteiger partial charge < -0.3 is 24.6 Å². The number of carbonyl (C=O) groups is 2. The molecule has 2 aromatic rings. The molecule has 0 aliphatic carbocycles. The number of methoxy groups -OCH3 is 2. The van der Waals surface area contributed by atoms with Gasteiger partial charge in [0.1, 0.15) is 17.1 Å². The van der Waals surface area contributed by atoms with Crippen molar-refractivity contribution in [1.82, 2.24) is 10.2 Å². The molecule has 1 fully saturated rings. The van der Waals surface area contributed by atoms with Crippen LogP contribution in [0.3, 0.4) is 0 Å². The van der Waals surface area contributed by atoms with E-state index in [9.17, 15) is 9.59 Å². The van der Waals surface area contributed by atoms with Crippen LogP contribution in [0.5, 0.6) is 11.5 Å². The molecule has 0 spiro atoms. The van der Waals surface area contributed by atoms with Gasteiger partial charge in [-0.25, -0.2) is 0 Å². The summed E-state index contributed by atoms with van der Waals surface area (Å²) >= 11 is 5.32. The predicted molar refractivity (Wildman–Crippen MR) is 138 cm³/mol. The first-order valence-corrected chi connectivity index (χ1v) is 11.7. The van der Waals surface area contributed by atoms with Crippen molar-refractivity contribution >= 4 is 40.5 Å². The molecule has 1 aliphatic rings. The first kappa shape index (κ1) is 25.3. The van der Waals surface area contributed by atoms with Crippen LogP contribution >= 0.6 is 12.2 Å². The predicted octanol–water partition coefficient (Wildman–Crippen LogP) is 3.53. The van der Waals surface area contributed by atoms with Crippen molar-refractivity contribution in [3.8, 4) is 11.5 Å². The average molecular weight is 485 g/mol. The van der Waals surface area contributed by atoms with E-state index in [1.807, 2.05) is 29.2 Å². The highest BCUT2D eigenvalue weighted by Crippen LogP contribution is 2.28. The number of rotatable bonds is 7. The summed E-state index contributed by atoms with van der Waals surface area (Å²) in [6, 6.07) is 12.9. The first-order chi connectivity index (χ1) is 16.3. The van der Waals surface area contributed by atoms with E-state index in [2.05, 4.69) is 29.4 Å². The van der Waals surface area contributed by atoms with Gasteiger partial charge in [0.25, 0.3) is 5.91 Å². The summed E-state index contributed by atoms with van der Waals surface area (Å²) in [5.74, 6) is 0.979. The maximum atomic E-state index is 12.8. The molecule has 1 heterocycles. The standard InChI is InChI=1S/C25H32N4O4S/c1-17(2)16-22(30)29-14-12-28(13-15-29)19-10-8-18(9-11-19)26-25(34)27-24(31)23-20(32-3)6-5-7-21(23)33-4/h5-11,17H,12-16H2,1-4H3,(H2,26,27,31,34). The SMILES string of the molecule is COc1cccc(OC)c1C(=O)NC(=S)Nc1ccc(N2CCN(C(=O)CC(C)C)CC2)cc1. The van der Waals surface area contributed by atoms with E-state index in [4.69, 9.17) is 21.7 Å². The molecule has 0 aromatic heterocycles. The number of ether oxygens (including phenoxy) is 2. The number of hydrogen-bond acceptors (Lipinski definition) is 6. The Morgan fingerprint density at radius 2 is 1.56 bits per heavy atom. The zero-order chi connectivity index (χ0) is 24.7. The lowest BCUT2D eigenvalue weighted by Crippen LogP contribution is -2.49. The second-order valence-electron chi connectivity index (χ2n) is 8.46. The Bertz CT molecular complexity index is 996. The fourth-order valence-electron chi connectivity index (χ4n) is 3.85. The van der Waals surface area contributed by atoms with Crippen molar-refractivity contribution in [3.05, 3.63) is 48.0 Å². The molecule has 1 saturated heterocycles. The average Bonchev–Trinajstić information content (AvgIpc) is 2.83. The van der Waals surface area contributed by atoms with Gasteiger partial charge in [0.05, 0.1) is 14.2 Å². The molecule has 2 amide bonds.